The lowest BCUT2D eigenvalue weighted by molar-refractivity contribution is -0.0982. The number of H-pyrrole nitrogens is 1. The van der Waals surface area contributed by atoms with E-state index in [1.54, 1.807) is 0 Å². The summed E-state index contributed by atoms with van der Waals surface area (Å²) >= 11 is 0. The SMILES string of the molecule is O=C(NCCc1ccc2cc[nH]c2c1)N1CC2(CN(Cc3ccccc3)C2)C1. The van der Waals surface area contributed by atoms with E-state index in [2.05, 4.69) is 69.8 Å². The molecule has 2 saturated heterocycles. The molecule has 1 aromatic heterocycles. The van der Waals surface area contributed by atoms with Crippen molar-refractivity contribution in [2.45, 2.75) is 13.0 Å². The second-order valence-electron chi connectivity index (χ2n) is 8.37. The van der Waals surface area contributed by atoms with E-state index in [0.717, 1.165) is 44.7 Å². The molecule has 2 aromatic carbocycles. The van der Waals surface area contributed by atoms with Crippen molar-refractivity contribution in [3.05, 3.63) is 71.9 Å². The number of benzene rings is 2. The quantitative estimate of drug-likeness (QED) is 0.720. The van der Waals surface area contributed by atoms with Gasteiger partial charge in [0.1, 0.15) is 0 Å². The number of amides is 2. The van der Waals surface area contributed by atoms with Gasteiger partial charge in [0.2, 0.25) is 0 Å². The summed E-state index contributed by atoms with van der Waals surface area (Å²) in [6, 6.07) is 19.2. The van der Waals surface area contributed by atoms with Gasteiger partial charge in [-0.1, -0.05) is 42.5 Å². The molecule has 3 aromatic rings. The van der Waals surface area contributed by atoms with Crippen LogP contribution in [0.15, 0.2) is 60.8 Å². The van der Waals surface area contributed by atoms with Crippen molar-refractivity contribution in [1.29, 1.82) is 0 Å². The highest BCUT2D eigenvalue weighted by atomic mass is 16.2. The Balaban J connectivity index is 1.04. The number of hydrogen-bond donors (Lipinski definition) is 2. The summed E-state index contributed by atoms with van der Waals surface area (Å²) in [4.78, 5) is 20.0. The van der Waals surface area contributed by atoms with E-state index >= 15 is 0 Å². The zero-order valence-corrected chi connectivity index (χ0v) is 16.0. The predicted molar refractivity (Wildman–Crippen MR) is 111 cm³/mol. The summed E-state index contributed by atoms with van der Waals surface area (Å²) in [7, 11) is 0. The van der Waals surface area contributed by atoms with Gasteiger partial charge in [0, 0.05) is 56.4 Å². The largest absolute Gasteiger partial charge is 0.361 e. The van der Waals surface area contributed by atoms with Gasteiger partial charge in [-0.25, -0.2) is 4.79 Å². The molecule has 0 atom stereocenters. The fraction of sp³-hybridized carbons (Fsp3) is 0.348. The van der Waals surface area contributed by atoms with Crippen LogP contribution in [0.25, 0.3) is 10.9 Å². The Labute approximate surface area is 165 Å². The van der Waals surface area contributed by atoms with Crippen LogP contribution >= 0.6 is 0 Å². The fourth-order valence-corrected chi connectivity index (χ4v) is 4.64. The smallest absolute Gasteiger partial charge is 0.317 e. The van der Waals surface area contributed by atoms with E-state index < -0.39 is 0 Å². The van der Waals surface area contributed by atoms with Crippen LogP contribution in [0.3, 0.4) is 0 Å². The van der Waals surface area contributed by atoms with Crippen molar-refractivity contribution >= 4 is 16.9 Å². The van der Waals surface area contributed by atoms with Crippen LogP contribution in [-0.4, -0.2) is 53.5 Å². The molecule has 2 aliphatic heterocycles. The Kier molecular flexibility index (Phi) is 4.32. The second kappa shape index (κ2) is 6.99. The molecule has 5 heteroatoms. The van der Waals surface area contributed by atoms with E-state index in [1.165, 1.54) is 16.5 Å². The number of carbonyl (C=O) groups excluding carboxylic acids is 1. The molecule has 0 bridgehead atoms. The number of aromatic amines is 1. The third-order valence-corrected chi connectivity index (χ3v) is 6.02. The van der Waals surface area contributed by atoms with Crippen LogP contribution in [-0.2, 0) is 13.0 Å². The van der Waals surface area contributed by atoms with Crippen molar-refractivity contribution < 1.29 is 4.79 Å². The topological polar surface area (TPSA) is 51.4 Å². The molecule has 28 heavy (non-hydrogen) atoms. The first kappa shape index (κ1) is 17.3. The lowest BCUT2D eigenvalue weighted by Gasteiger charge is -2.60. The maximum atomic E-state index is 12.4. The van der Waals surface area contributed by atoms with Crippen LogP contribution in [0.5, 0.6) is 0 Å². The van der Waals surface area contributed by atoms with E-state index in [4.69, 9.17) is 0 Å². The zero-order valence-electron chi connectivity index (χ0n) is 16.0. The minimum atomic E-state index is 0.0769. The standard InChI is InChI=1S/C23H26N4O/c28-22(25-10-8-18-6-7-20-9-11-24-21(20)12-18)27-16-23(17-27)14-26(15-23)13-19-4-2-1-3-5-19/h1-7,9,11-12,24H,8,10,13-17H2,(H,25,28). The molecule has 3 heterocycles. The number of aromatic nitrogens is 1. The van der Waals surface area contributed by atoms with Gasteiger partial charge in [-0.3, -0.25) is 4.90 Å². The molecule has 0 radical (unpaired) electrons. The summed E-state index contributed by atoms with van der Waals surface area (Å²) in [6.07, 6.45) is 2.81. The highest BCUT2D eigenvalue weighted by molar-refractivity contribution is 5.80. The number of rotatable bonds is 5. The Morgan fingerprint density at radius 3 is 2.64 bits per heavy atom. The molecular formula is C23H26N4O. The van der Waals surface area contributed by atoms with Gasteiger partial charge in [-0.05, 0) is 35.1 Å². The predicted octanol–water partition coefficient (Wildman–Crippen LogP) is 3.24. The average molecular weight is 374 g/mol. The van der Waals surface area contributed by atoms with Crippen molar-refractivity contribution in [3.63, 3.8) is 0 Å². The molecule has 1 spiro atoms. The number of hydrogen-bond acceptors (Lipinski definition) is 2. The molecule has 144 valence electrons. The first-order chi connectivity index (χ1) is 13.7. The molecule has 5 rings (SSSR count). The molecule has 2 amide bonds. The minimum Gasteiger partial charge on any atom is -0.361 e. The Hall–Kier alpha value is -2.79. The highest BCUT2D eigenvalue weighted by Crippen LogP contribution is 2.40. The molecular weight excluding hydrogens is 348 g/mol. The third-order valence-electron chi connectivity index (χ3n) is 6.02. The monoisotopic (exact) mass is 374 g/mol. The number of likely N-dealkylation sites (tertiary alicyclic amines) is 2. The Bertz CT molecular complexity index is 966. The third kappa shape index (κ3) is 3.38. The van der Waals surface area contributed by atoms with Crippen molar-refractivity contribution in [3.8, 4) is 0 Å². The number of fused-ring (bicyclic) bond motifs is 1. The summed E-state index contributed by atoms with van der Waals surface area (Å²) in [5, 5.41) is 4.30. The van der Waals surface area contributed by atoms with Gasteiger partial charge >= 0.3 is 6.03 Å². The number of nitrogens with zero attached hydrogens (tertiary/aromatic N) is 2. The van der Waals surface area contributed by atoms with Gasteiger partial charge in [-0.15, -0.1) is 0 Å². The van der Waals surface area contributed by atoms with E-state index in [1.807, 2.05) is 11.1 Å². The molecule has 0 saturated carbocycles. The number of urea groups is 1. The number of nitrogens with one attached hydrogen (secondary N) is 2. The molecule has 0 aliphatic carbocycles. The highest BCUT2D eigenvalue weighted by Gasteiger charge is 2.52. The maximum Gasteiger partial charge on any atom is 0.317 e. The van der Waals surface area contributed by atoms with E-state index in [9.17, 15) is 4.79 Å². The van der Waals surface area contributed by atoms with Gasteiger partial charge in [-0.2, -0.15) is 0 Å². The summed E-state index contributed by atoms with van der Waals surface area (Å²) in [6.45, 7) is 5.66. The number of carbonyl (C=O) groups is 1. The lowest BCUT2D eigenvalue weighted by atomic mass is 9.73. The minimum absolute atomic E-state index is 0.0769. The van der Waals surface area contributed by atoms with E-state index in [-0.39, 0.29) is 6.03 Å². The first-order valence-electron chi connectivity index (χ1n) is 10.0. The molecule has 5 nitrogen and oxygen atoms in total. The lowest BCUT2D eigenvalue weighted by Crippen LogP contribution is -2.73. The summed E-state index contributed by atoms with van der Waals surface area (Å²) in [5.41, 5.74) is 4.10. The molecule has 2 fully saturated rings. The normalized spacial score (nSPS) is 18.1. The summed E-state index contributed by atoms with van der Waals surface area (Å²) < 4.78 is 0. The van der Waals surface area contributed by atoms with Crippen molar-refractivity contribution in [2.24, 2.45) is 5.41 Å². The van der Waals surface area contributed by atoms with Crippen LogP contribution in [0.4, 0.5) is 4.79 Å². The molecule has 2 N–H and O–H groups in total. The van der Waals surface area contributed by atoms with Gasteiger partial charge < -0.3 is 15.2 Å². The van der Waals surface area contributed by atoms with Crippen molar-refractivity contribution in [1.82, 2.24) is 20.1 Å². The average Bonchev–Trinajstić information content (AvgIpc) is 3.11. The van der Waals surface area contributed by atoms with Crippen LogP contribution in [0, 0.1) is 5.41 Å². The molecule has 2 aliphatic rings. The summed E-state index contributed by atoms with van der Waals surface area (Å²) in [5.74, 6) is 0. The second-order valence-corrected chi connectivity index (χ2v) is 8.37. The van der Waals surface area contributed by atoms with Crippen LogP contribution < -0.4 is 5.32 Å². The van der Waals surface area contributed by atoms with Crippen molar-refractivity contribution in [2.75, 3.05) is 32.7 Å². The fourth-order valence-electron chi connectivity index (χ4n) is 4.64. The van der Waals surface area contributed by atoms with Crippen LogP contribution in [0.2, 0.25) is 0 Å². The van der Waals surface area contributed by atoms with E-state index in [0.29, 0.717) is 12.0 Å². The zero-order chi connectivity index (χ0) is 19.0. The van der Waals surface area contributed by atoms with Crippen LogP contribution in [0.1, 0.15) is 11.1 Å². The Morgan fingerprint density at radius 1 is 1.00 bits per heavy atom. The van der Waals surface area contributed by atoms with Gasteiger partial charge in [0.05, 0.1) is 0 Å². The Morgan fingerprint density at radius 2 is 1.82 bits per heavy atom. The van der Waals surface area contributed by atoms with Gasteiger partial charge in [0.15, 0.2) is 0 Å². The molecule has 0 unspecified atom stereocenters. The maximum absolute atomic E-state index is 12.4. The first-order valence-corrected chi connectivity index (χ1v) is 10.0. The van der Waals surface area contributed by atoms with Gasteiger partial charge in [0.25, 0.3) is 0 Å².